The maximum Gasteiger partial charge on any atom is 0.311 e. The predicted molar refractivity (Wildman–Crippen MR) is 72.4 cm³/mol. The lowest BCUT2D eigenvalue weighted by molar-refractivity contribution is -0.385. The van der Waals surface area contributed by atoms with Crippen LogP contribution in [0.1, 0.15) is 17.3 Å². The van der Waals surface area contributed by atoms with Gasteiger partial charge in [0.2, 0.25) is 11.6 Å². The van der Waals surface area contributed by atoms with Crippen LogP contribution >= 0.6 is 11.6 Å². The van der Waals surface area contributed by atoms with Crippen molar-refractivity contribution in [3.8, 4) is 11.6 Å². The van der Waals surface area contributed by atoms with E-state index in [4.69, 9.17) is 16.3 Å². The van der Waals surface area contributed by atoms with Crippen molar-refractivity contribution >= 4 is 23.1 Å². The maximum absolute atomic E-state index is 11.5. The zero-order valence-electron chi connectivity index (χ0n) is 10.4. The minimum atomic E-state index is -0.595. The van der Waals surface area contributed by atoms with Crippen molar-refractivity contribution in [3.63, 3.8) is 0 Å². The third-order valence-corrected chi connectivity index (χ3v) is 2.71. The Morgan fingerprint density at radius 2 is 2.15 bits per heavy atom. The quantitative estimate of drug-likeness (QED) is 0.488. The Labute approximate surface area is 119 Å². The standard InChI is InChI=1S/C13H9ClN2O4/c1-8(17)10-3-2-6-15-13(10)20-12-7-9(14)4-5-11(12)16(18)19/h2-7H,1H3. The fourth-order valence-electron chi connectivity index (χ4n) is 1.56. The molecular weight excluding hydrogens is 284 g/mol. The average molecular weight is 293 g/mol. The first-order valence-corrected chi connectivity index (χ1v) is 5.94. The number of pyridine rings is 1. The fourth-order valence-corrected chi connectivity index (χ4v) is 1.73. The molecule has 0 N–H and O–H groups in total. The summed E-state index contributed by atoms with van der Waals surface area (Å²) >= 11 is 5.80. The lowest BCUT2D eigenvalue weighted by atomic mass is 10.2. The van der Waals surface area contributed by atoms with Crippen LogP contribution in [0, 0.1) is 10.1 Å². The number of carbonyl (C=O) groups excluding carboxylic acids is 1. The van der Waals surface area contributed by atoms with Crippen LogP contribution in [0.15, 0.2) is 36.5 Å². The molecule has 0 fully saturated rings. The van der Waals surface area contributed by atoms with Crippen LogP contribution in [0.3, 0.4) is 0 Å². The summed E-state index contributed by atoms with van der Waals surface area (Å²) in [6, 6.07) is 7.03. The topological polar surface area (TPSA) is 82.3 Å². The number of benzene rings is 1. The van der Waals surface area contributed by atoms with Crippen molar-refractivity contribution in [2.45, 2.75) is 6.92 Å². The smallest absolute Gasteiger partial charge is 0.311 e. The molecule has 0 unspecified atom stereocenters. The van der Waals surface area contributed by atoms with Crippen molar-refractivity contribution in [1.29, 1.82) is 0 Å². The highest BCUT2D eigenvalue weighted by atomic mass is 35.5. The first-order valence-electron chi connectivity index (χ1n) is 5.57. The zero-order valence-corrected chi connectivity index (χ0v) is 11.1. The SMILES string of the molecule is CC(=O)c1cccnc1Oc1cc(Cl)ccc1[N+](=O)[O-]. The van der Waals surface area contributed by atoms with Gasteiger partial charge < -0.3 is 4.74 Å². The van der Waals surface area contributed by atoms with E-state index >= 15 is 0 Å². The predicted octanol–water partition coefficient (Wildman–Crippen LogP) is 3.64. The Bertz CT molecular complexity index is 688. The summed E-state index contributed by atoms with van der Waals surface area (Å²) in [5.74, 6) is -0.313. The van der Waals surface area contributed by atoms with Crippen molar-refractivity contribution in [3.05, 3.63) is 57.2 Å². The molecule has 2 rings (SSSR count). The first-order chi connectivity index (χ1) is 9.49. The van der Waals surface area contributed by atoms with E-state index in [1.165, 1.54) is 37.4 Å². The lowest BCUT2D eigenvalue weighted by Gasteiger charge is -2.08. The van der Waals surface area contributed by atoms with Gasteiger partial charge in [-0.1, -0.05) is 11.6 Å². The van der Waals surface area contributed by atoms with Crippen LogP contribution in [0.5, 0.6) is 11.6 Å². The molecule has 0 aliphatic heterocycles. The molecule has 0 spiro atoms. The molecule has 0 radical (unpaired) electrons. The Morgan fingerprint density at radius 3 is 2.80 bits per heavy atom. The molecule has 0 aliphatic rings. The molecule has 1 heterocycles. The van der Waals surface area contributed by atoms with Gasteiger partial charge in [0.25, 0.3) is 0 Å². The molecule has 0 saturated carbocycles. The van der Waals surface area contributed by atoms with Crippen LogP contribution in [-0.2, 0) is 0 Å². The second-order valence-electron chi connectivity index (χ2n) is 3.88. The third-order valence-electron chi connectivity index (χ3n) is 2.48. The third kappa shape index (κ3) is 2.92. The minimum absolute atomic E-state index is 0.00497. The molecule has 7 heteroatoms. The highest BCUT2D eigenvalue weighted by molar-refractivity contribution is 6.30. The highest BCUT2D eigenvalue weighted by Gasteiger charge is 2.19. The van der Waals surface area contributed by atoms with E-state index < -0.39 is 4.92 Å². The number of nitro benzene ring substituents is 1. The summed E-state index contributed by atoms with van der Waals surface area (Å²) in [4.78, 5) is 25.7. The van der Waals surface area contributed by atoms with Crippen LogP contribution in [0.4, 0.5) is 5.69 Å². The number of Topliss-reactive ketones (excluding diaryl/α,β-unsaturated/α-hetero) is 1. The van der Waals surface area contributed by atoms with E-state index in [9.17, 15) is 14.9 Å². The molecule has 1 aromatic heterocycles. The van der Waals surface area contributed by atoms with Crippen molar-refractivity contribution in [2.24, 2.45) is 0 Å². The van der Waals surface area contributed by atoms with Crippen LogP contribution < -0.4 is 4.74 Å². The summed E-state index contributed by atoms with van der Waals surface area (Å²) in [5, 5.41) is 11.2. The van der Waals surface area contributed by atoms with Crippen LogP contribution in [0.25, 0.3) is 0 Å². The van der Waals surface area contributed by atoms with E-state index in [1.54, 1.807) is 6.07 Å². The number of rotatable bonds is 4. The monoisotopic (exact) mass is 292 g/mol. The van der Waals surface area contributed by atoms with Gasteiger partial charge in [0.05, 0.1) is 10.5 Å². The summed E-state index contributed by atoms with van der Waals surface area (Å²) in [5.41, 5.74) is -0.0173. The lowest BCUT2D eigenvalue weighted by Crippen LogP contribution is -2.00. The Balaban J connectivity index is 2.47. The fraction of sp³-hybridized carbons (Fsp3) is 0.0769. The van der Waals surface area contributed by atoms with Gasteiger partial charge in [-0.05, 0) is 25.1 Å². The summed E-state index contributed by atoms with van der Waals surface area (Å²) < 4.78 is 5.39. The zero-order chi connectivity index (χ0) is 14.7. The van der Waals surface area contributed by atoms with Gasteiger partial charge in [-0.25, -0.2) is 4.98 Å². The van der Waals surface area contributed by atoms with E-state index in [2.05, 4.69) is 4.98 Å². The van der Waals surface area contributed by atoms with E-state index in [0.29, 0.717) is 0 Å². The molecule has 1 aromatic carbocycles. The van der Waals surface area contributed by atoms with Gasteiger partial charge in [-0.3, -0.25) is 14.9 Å². The molecule has 0 bridgehead atoms. The number of ether oxygens (including phenoxy) is 1. The van der Waals surface area contributed by atoms with E-state index in [1.807, 2.05) is 0 Å². The van der Waals surface area contributed by atoms with Gasteiger partial charge in [0.1, 0.15) is 0 Å². The molecule has 20 heavy (non-hydrogen) atoms. The second kappa shape index (κ2) is 5.66. The molecule has 0 aliphatic carbocycles. The van der Waals surface area contributed by atoms with Crippen molar-refractivity contribution in [1.82, 2.24) is 4.98 Å². The molecule has 0 saturated heterocycles. The molecule has 6 nitrogen and oxygen atoms in total. The summed E-state index contributed by atoms with van der Waals surface area (Å²) in [7, 11) is 0. The van der Waals surface area contributed by atoms with Crippen molar-refractivity contribution < 1.29 is 14.5 Å². The first kappa shape index (κ1) is 14.0. The van der Waals surface area contributed by atoms with Gasteiger partial charge in [0, 0.05) is 23.4 Å². The van der Waals surface area contributed by atoms with Crippen molar-refractivity contribution in [2.75, 3.05) is 0 Å². The maximum atomic E-state index is 11.5. The van der Waals surface area contributed by atoms with E-state index in [0.717, 1.165) is 0 Å². The van der Waals surface area contributed by atoms with Gasteiger partial charge in [-0.2, -0.15) is 0 Å². The second-order valence-corrected chi connectivity index (χ2v) is 4.32. The molecule has 2 aromatic rings. The summed E-state index contributed by atoms with van der Waals surface area (Å²) in [6.07, 6.45) is 1.43. The van der Waals surface area contributed by atoms with Gasteiger partial charge >= 0.3 is 5.69 Å². The Morgan fingerprint density at radius 1 is 1.40 bits per heavy atom. The number of aromatic nitrogens is 1. The van der Waals surface area contributed by atoms with Crippen LogP contribution in [0.2, 0.25) is 5.02 Å². The van der Waals surface area contributed by atoms with Gasteiger partial charge in [0.15, 0.2) is 5.78 Å². The molecule has 102 valence electrons. The minimum Gasteiger partial charge on any atom is -0.431 e. The average Bonchev–Trinajstić information content (AvgIpc) is 2.38. The van der Waals surface area contributed by atoms with Gasteiger partial charge in [-0.15, -0.1) is 0 Å². The number of ketones is 1. The van der Waals surface area contributed by atoms with E-state index in [-0.39, 0.29) is 33.7 Å². The largest absolute Gasteiger partial charge is 0.431 e. The molecule has 0 amide bonds. The molecular formula is C13H9ClN2O4. The Hall–Kier alpha value is -2.47. The molecule has 0 atom stereocenters. The number of nitro groups is 1. The normalized spacial score (nSPS) is 10.1. The number of hydrogen-bond acceptors (Lipinski definition) is 5. The van der Waals surface area contributed by atoms with Crippen LogP contribution in [-0.4, -0.2) is 15.7 Å². The highest BCUT2D eigenvalue weighted by Crippen LogP contribution is 2.34. The number of halogens is 1. The number of hydrogen-bond donors (Lipinski definition) is 0. The summed E-state index contributed by atoms with van der Waals surface area (Å²) in [6.45, 7) is 1.36. The Kier molecular flexibility index (Phi) is 3.95. The number of carbonyl (C=O) groups is 1. The number of nitrogens with zero attached hydrogens (tertiary/aromatic N) is 2.